The van der Waals surface area contributed by atoms with Crippen molar-refractivity contribution in [3.05, 3.63) is 71.5 Å². The van der Waals surface area contributed by atoms with Gasteiger partial charge in [-0.1, -0.05) is 6.92 Å². The van der Waals surface area contributed by atoms with Crippen LogP contribution in [0.5, 0.6) is 5.75 Å². The summed E-state index contributed by atoms with van der Waals surface area (Å²) in [6, 6.07) is 14.4. The predicted molar refractivity (Wildman–Crippen MR) is 139 cm³/mol. The second-order valence-corrected chi connectivity index (χ2v) is 9.96. The van der Waals surface area contributed by atoms with Gasteiger partial charge in [-0.15, -0.1) is 0 Å². The Morgan fingerprint density at radius 1 is 1.03 bits per heavy atom. The predicted octanol–water partition coefficient (Wildman–Crippen LogP) is 4.20. The summed E-state index contributed by atoms with van der Waals surface area (Å²) < 4.78 is 33.4. The zero-order valence-corrected chi connectivity index (χ0v) is 21.5. The molecule has 3 aromatic rings. The molecule has 35 heavy (non-hydrogen) atoms. The zero-order chi connectivity index (χ0) is 25.6. The number of sulfonamides is 1. The summed E-state index contributed by atoms with van der Waals surface area (Å²) >= 11 is 5.21. The lowest BCUT2D eigenvalue weighted by molar-refractivity contribution is 0.0977. The van der Waals surface area contributed by atoms with Crippen molar-refractivity contribution in [1.82, 2.24) is 15.3 Å². The van der Waals surface area contributed by atoms with Crippen LogP contribution in [0.4, 0.5) is 11.6 Å². The van der Waals surface area contributed by atoms with Crippen molar-refractivity contribution in [1.29, 1.82) is 0 Å². The number of hydrogen-bond acceptors (Lipinski definition) is 7. The van der Waals surface area contributed by atoms with Crippen LogP contribution in [0.25, 0.3) is 0 Å². The molecule has 2 aromatic carbocycles. The minimum Gasteiger partial charge on any atom is -0.491 e. The molecule has 0 aliphatic carbocycles. The van der Waals surface area contributed by atoms with Crippen LogP contribution >= 0.6 is 12.2 Å². The lowest BCUT2D eigenvalue weighted by Crippen LogP contribution is -2.34. The van der Waals surface area contributed by atoms with Gasteiger partial charge in [0.1, 0.15) is 5.75 Å². The molecule has 0 fully saturated rings. The molecule has 0 saturated heterocycles. The Morgan fingerprint density at radius 2 is 1.63 bits per heavy atom. The highest BCUT2D eigenvalue weighted by molar-refractivity contribution is 7.92. The van der Waals surface area contributed by atoms with Crippen molar-refractivity contribution in [3.8, 4) is 5.75 Å². The normalized spacial score (nSPS) is 11.9. The molecule has 0 saturated carbocycles. The average molecular weight is 514 g/mol. The highest BCUT2D eigenvalue weighted by Gasteiger charge is 2.16. The number of nitrogens with one attached hydrogen (secondary N) is 3. The lowest BCUT2D eigenvalue weighted by Gasteiger charge is -2.13. The first-order valence-electron chi connectivity index (χ1n) is 10.9. The van der Waals surface area contributed by atoms with Gasteiger partial charge < -0.3 is 10.1 Å². The molecular weight excluding hydrogens is 486 g/mol. The van der Waals surface area contributed by atoms with Gasteiger partial charge in [0.2, 0.25) is 5.95 Å². The number of hydrogen-bond donors (Lipinski definition) is 3. The zero-order valence-electron chi connectivity index (χ0n) is 19.8. The van der Waals surface area contributed by atoms with Crippen molar-refractivity contribution in [2.75, 3.05) is 10.0 Å². The number of carbonyl (C=O) groups is 1. The Labute approximate surface area is 210 Å². The molecule has 11 heteroatoms. The number of ether oxygens (including phenoxy) is 1. The van der Waals surface area contributed by atoms with Crippen LogP contribution in [0.3, 0.4) is 0 Å². The minimum absolute atomic E-state index is 0.00746. The lowest BCUT2D eigenvalue weighted by atomic mass is 10.2. The molecule has 1 unspecified atom stereocenters. The molecule has 1 atom stereocenters. The van der Waals surface area contributed by atoms with E-state index in [1.165, 1.54) is 24.3 Å². The van der Waals surface area contributed by atoms with Gasteiger partial charge in [-0.3, -0.25) is 10.1 Å². The fourth-order valence-corrected chi connectivity index (χ4v) is 4.16. The molecule has 184 valence electrons. The quantitative estimate of drug-likeness (QED) is 0.383. The van der Waals surface area contributed by atoms with Crippen molar-refractivity contribution >= 4 is 44.9 Å². The third kappa shape index (κ3) is 7.46. The van der Waals surface area contributed by atoms with Gasteiger partial charge in [0, 0.05) is 22.6 Å². The number of amides is 1. The van der Waals surface area contributed by atoms with Crippen molar-refractivity contribution in [2.24, 2.45) is 0 Å². The van der Waals surface area contributed by atoms with E-state index in [1.807, 2.05) is 13.8 Å². The standard InChI is InChI=1S/C24H27N5O4S2/c1-5-17(4)33-20-10-6-18(7-11-20)22(30)28-24(34)27-19-8-12-21(13-9-19)35(31,32)29-23-25-15(2)14-16(3)26-23/h6-14,17H,5H2,1-4H3,(H,25,26,29)(H2,27,28,30,34). The highest BCUT2D eigenvalue weighted by atomic mass is 32.2. The largest absolute Gasteiger partial charge is 0.491 e. The van der Waals surface area contributed by atoms with E-state index in [0.717, 1.165) is 6.42 Å². The van der Waals surface area contributed by atoms with Crippen LogP contribution in [0.1, 0.15) is 42.0 Å². The third-order valence-corrected chi connectivity index (χ3v) is 6.43. The van der Waals surface area contributed by atoms with Crippen LogP contribution in [-0.4, -0.2) is 35.5 Å². The summed E-state index contributed by atoms with van der Waals surface area (Å²) in [6.45, 7) is 7.52. The smallest absolute Gasteiger partial charge is 0.264 e. The van der Waals surface area contributed by atoms with Crippen LogP contribution in [0, 0.1) is 13.8 Å². The van der Waals surface area contributed by atoms with E-state index in [1.54, 1.807) is 44.2 Å². The number of anilines is 2. The molecule has 0 bridgehead atoms. The average Bonchev–Trinajstić information content (AvgIpc) is 2.78. The number of thiocarbonyl (C=S) groups is 1. The third-order valence-electron chi connectivity index (χ3n) is 4.89. The molecule has 3 N–H and O–H groups in total. The van der Waals surface area contributed by atoms with Gasteiger partial charge in [-0.25, -0.2) is 23.1 Å². The summed E-state index contributed by atoms with van der Waals surface area (Å²) in [6.07, 6.45) is 0.968. The first kappa shape index (κ1) is 26.0. The Hall–Kier alpha value is -3.57. The first-order valence-corrected chi connectivity index (χ1v) is 12.8. The van der Waals surface area contributed by atoms with Gasteiger partial charge in [0.15, 0.2) is 5.11 Å². The minimum atomic E-state index is -3.88. The fourth-order valence-electron chi connectivity index (χ4n) is 3.01. The number of aromatic nitrogens is 2. The van der Waals surface area contributed by atoms with Gasteiger partial charge >= 0.3 is 0 Å². The molecule has 0 aliphatic heterocycles. The molecule has 1 heterocycles. The van der Waals surface area contributed by atoms with E-state index in [4.69, 9.17) is 17.0 Å². The molecule has 9 nitrogen and oxygen atoms in total. The molecule has 1 amide bonds. The fraction of sp³-hybridized carbons (Fsp3) is 0.250. The van der Waals surface area contributed by atoms with Crippen LogP contribution in [0.15, 0.2) is 59.5 Å². The number of benzene rings is 2. The second-order valence-electron chi connectivity index (χ2n) is 7.87. The van der Waals surface area contributed by atoms with Gasteiger partial charge in [0.25, 0.3) is 15.9 Å². The van der Waals surface area contributed by atoms with Gasteiger partial charge in [-0.05, 0) is 94.0 Å². The van der Waals surface area contributed by atoms with Crippen LogP contribution < -0.4 is 20.1 Å². The number of rotatable bonds is 8. The van der Waals surface area contributed by atoms with Gasteiger partial charge in [-0.2, -0.15) is 0 Å². The van der Waals surface area contributed by atoms with Crippen LogP contribution in [-0.2, 0) is 10.0 Å². The summed E-state index contributed by atoms with van der Waals surface area (Å²) in [5.41, 5.74) is 2.24. The molecule has 1 aromatic heterocycles. The van der Waals surface area contributed by atoms with Crippen molar-refractivity contribution in [2.45, 2.75) is 45.1 Å². The van der Waals surface area contributed by atoms with E-state index in [2.05, 4.69) is 25.3 Å². The summed E-state index contributed by atoms with van der Waals surface area (Å²) in [5.74, 6) is 0.313. The van der Waals surface area contributed by atoms with Crippen molar-refractivity contribution in [3.63, 3.8) is 0 Å². The maximum atomic E-state index is 12.7. The Bertz CT molecular complexity index is 1290. The number of carbonyl (C=O) groups excluding carboxylic acids is 1. The van der Waals surface area contributed by atoms with E-state index < -0.39 is 10.0 Å². The maximum Gasteiger partial charge on any atom is 0.264 e. The van der Waals surface area contributed by atoms with E-state index in [9.17, 15) is 13.2 Å². The summed E-state index contributed by atoms with van der Waals surface area (Å²) in [4.78, 5) is 20.7. The molecule has 0 aliphatic rings. The Balaban J connectivity index is 1.58. The van der Waals surface area contributed by atoms with Gasteiger partial charge in [0.05, 0.1) is 11.0 Å². The van der Waals surface area contributed by atoms with E-state index in [-0.39, 0.29) is 28.0 Å². The monoisotopic (exact) mass is 513 g/mol. The topological polar surface area (TPSA) is 122 Å². The first-order chi connectivity index (χ1) is 16.6. The highest BCUT2D eigenvalue weighted by Crippen LogP contribution is 2.18. The van der Waals surface area contributed by atoms with Crippen molar-refractivity contribution < 1.29 is 17.9 Å². The number of nitrogens with zero attached hydrogens (tertiary/aromatic N) is 2. The SMILES string of the molecule is CCC(C)Oc1ccc(C(=O)NC(=S)Nc2ccc(S(=O)(=O)Nc3nc(C)cc(C)n3)cc2)cc1. The summed E-state index contributed by atoms with van der Waals surface area (Å²) in [5, 5.41) is 5.54. The molecule has 3 rings (SSSR count). The number of aryl methyl sites for hydroxylation is 2. The van der Waals surface area contributed by atoms with Crippen LogP contribution in [0.2, 0.25) is 0 Å². The Kier molecular flexibility index (Phi) is 8.36. The Morgan fingerprint density at radius 3 is 2.20 bits per heavy atom. The second kappa shape index (κ2) is 11.2. The molecular formula is C24H27N5O4S2. The molecule has 0 radical (unpaired) electrons. The maximum absolute atomic E-state index is 12.7. The molecule has 0 spiro atoms. The van der Waals surface area contributed by atoms with E-state index >= 15 is 0 Å². The van der Waals surface area contributed by atoms with E-state index in [0.29, 0.717) is 28.4 Å². The summed E-state index contributed by atoms with van der Waals surface area (Å²) in [7, 11) is -3.88.